The van der Waals surface area contributed by atoms with Crippen LogP contribution in [0.2, 0.25) is 0 Å². The summed E-state index contributed by atoms with van der Waals surface area (Å²) in [6.07, 6.45) is 6.74. The fraction of sp³-hybridized carbons (Fsp3) is 0.200. The number of nitrogens with one attached hydrogen (secondary N) is 2. The normalized spacial score (nSPS) is 11.8. The topological polar surface area (TPSA) is 107 Å². The fourth-order valence-corrected chi connectivity index (χ4v) is 5.54. The van der Waals surface area contributed by atoms with Gasteiger partial charge in [0.15, 0.2) is 0 Å². The molecule has 0 saturated carbocycles. The zero-order chi connectivity index (χ0) is 30.3. The van der Waals surface area contributed by atoms with E-state index in [1.54, 1.807) is 38.7 Å². The number of aryl methyl sites for hydroxylation is 2. The number of ether oxygens (including phenoxy) is 2. The first kappa shape index (κ1) is 28.7. The number of rotatable bonds is 12. The van der Waals surface area contributed by atoms with Gasteiger partial charge in [-0.15, -0.1) is 10.2 Å². The molecule has 0 saturated heterocycles. The molecule has 0 aliphatic carbocycles. The summed E-state index contributed by atoms with van der Waals surface area (Å²) in [6.45, 7) is 0.802. The lowest BCUT2D eigenvalue weighted by atomic mass is 9.96. The van der Waals surface area contributed by atoms with Crippen molar-refractivity contribution in [3.05, 3.63) is 137 Å². The first-order valence-electron chi connectivity index (χ1n) is 14.6. The van der Waals surface area contributed by atoms with E-state index in [9.17, 15) is 4.79 Å². The smallest absolute Gasteiger partial charge is 0.251 e. The Balaban J connectivity index is 1.42. The third-order valence-electron chi connectivity index (χ3n) is 7.88. The molecule has 0 bridgehead atoms. The van der Waals surface area contributed by atoms with Crippen molar-refractivity contribution in [3.8, 4) is 11.5 Å². The highest BCUT2D eigenvalue weighted by Gasteiger charge is 2.27. The van der Waals surface area contributed by atoms with Crippen LogP contribution in [0.5, 0.6) is 11.5 Å². The molecule has 6 aromatic rings. The maximum atomic E-state index is 13.2. The van der Waals surface area contributed by atoms with Gasteiger partial charge in [-0.05, 0) is 47.9 Å². The summed E-state index contributed by atoms with van der Waals surface area (Å²) in [5.74, 6) is 2.57. The van der Waals surface area contributed by atoms with Crippen molar-refractivity contribution in [1.82, 2.24) is 30.0 Å². The van der Waals surface area contributed by atoms with E-state index in [1.165, 1.54) is 5.56 Å². The van der Waals surface area contributed by atoms with Gasteiger partial charge in [-0.1, -0.05) is 48.5 Å². The van der Waals surface area contributed by atoms with Gasteiger partial charge in [0.2, 0.25) is 0 Å². The number of nitrogens with zero attached hydrogens (tertiary/aromatic N) is 4. The molecule has 1 amide bonds. The highest BCUT2D eigenvalue weighted by Crippen LogP contribution is 2.32. The van der Waals surface area contributed by atoms with Crippen LogP contribution in [0.4, 0.5) is 0 Å². The minimum atomic E-state index is -0.292. The molecule has 1 unspecified atom stereocenters. The average Bonchev–Trinajstić information content (AvgIpc) is 3.69. The predicted octanol–water partition coefficient (Wildman–Crippen LogP) is 5.57. The summed E-state index contributed by atoms with van der Waals surface area (Å²) in [7, 11) is 3.30. The van der Waals surface area contributed by atoms with Crippen molar-refractivity contribution >= 4 is 16.8 Å². The summed E-state index contributed by atoms with van der Waals surface area (Å²) in [5, 5.41) is 13.7. The molecule has 0 aliphatic rings. The number of para-hydroxylation sites is 1. The second-order valence-corrected chi connectivity index (χ2v) is 10.5. The molecule has 3 aromatic carbocycles. The largest absolute Gasteiger partial charge is 0.497 e. The lowest BCUT2D eigenvalue weighted by Crippen LogP contribution is -2.30. The van der Waals surface area contributed by atoms with E-state index >= 15 is 0 Å². The van der Waals surface area contributed by atoms with Gasteiger partial charge in [0, 0.05) is 59.7 Å². The lowest BCUT2D eigenvalue weighted by molar-refractivity contribution is 0.0952. The van der Waals surface area contributed by atoms with Crippen molar-refractivity contribution in [2.24, 2.45) is 0 Å². The fourth-order valence-electron chi connectivity index (χ4n) is 5.54. The highest BCUT2D eigenvalue weighted by molar-refractivity contribution is 5.94. The summed E-state index contributed by atoms with van der Waals surface area (Å²) in [6, 6.07) is 27.7. The van der Waals surface area contributed by atoms with Crippen LogP contribution in [0.1, 0.15) is 44.6 Å². The number of H-pyrrole nitrogens is 1. The summed E-state index contributed by atoms with van der Waals surface area (Å²) >= 11 is 0. The van der Waals surface area contributed by atoms with Crippen LogP contribution in [0.3, 0.4) is 0 Å². The molecule has 0 radical (unpaired) electrons. The Bertz CT molecular complexity index is 1850. The maximum absolute atomic E-state index is 13.2. The van der Waals surface area contributed by atoms with E-state index < -0.39 is 0 Å². The molecule has 44 heavy (non-hydrogen) atoms. The second-order valence-electron chi connectivity index (χ2n) is 10.5. The number of aromatic nitrogens is 5. The number of benzene rings is 3. The molecule has 3 heterocycles. The monoisotopic (exact) mass is 586 g/mol. The number of carbonyl (C=O) groups excluding carboxylic acids is 1. The minimum absolute atomic E-state index is 0.176. The van der Waals surface area contributed by atoms with Crippen molar-refractivity contribution in [2.45, 2.75) is 25.3 Å². The Labute approximate surface area is 255 Å². The molecule has 3 aromatic heterocycles. The number of aromatic amines is 1. The van der Waals surface area contributed by atoms with Crippen LogP contribution in [0.25, 0.3) is 10.9 Å². The van der Waals surface area contributed by atoms with Crippen molar-refractivity contribution in [2.75, 3.05) is 20.8 Å². The summed E-state index contributed by atoms with van der Waals surface area (Å²) < 4.78 is 13.4. The molecular weight excluding hydrogens is 552 g/mol. The van der Waals surface area contributed by atoms with Gasteiger partial charge in [0.1, 0.15) is 23.1 Å². The SMILES string of the molecule is COc1ccc(Cn2c(CCc3ccccc3)nnc2C(CNC(=O)c2ccncc2)c2c[nH]c3ccccc23)c(OC)c1. The third-order valence-corrected chi connectivity index (χ3v) is 7.88. The molecule has 6 rings (SSSR count). The van der Waals surface area contributed by atoms with Crippen LogP contribution in [0, 0.1) is 0 Å². The Morgan fingerprint density at radius 1 is 0.909 bits per heavy atom. The number of carbonyl (C=O) groups is 1. The van der Waals surface area contributed by atoms with Crippen LogP contribution in [0.15, 0.2) is 104 Å². The first-order valence-corrected chi connectivity index (χ1v) is 14.6. The zero-order valence-corrected chi connectivity index (χ0v) is 24.7. The van der Waals surface area contributed by atoms with Crippen LogP contribution >= 0.6 is 0 Å². The van der Waals surface area contributed by atoms with Gasteiger partial charge >= 0.3 is 0 Å². The van der Waals surface area contributed by atoms with Gasteiger partial charge < -0.3 is 24.3 Å². The van der Waals surface area contributed by atoms with Crippen molar-refractivity contribution in [1.29, 1.82) is 0 Å². The Hall–Kier alpha value is -5.44. The molecule has 2 N–H and O–H groups in total. The molecule has 0 fully saturated rings. The van der Waals surface area contributed by atoms with Gasteiger partial charge in [0.05, 0.1) is 26.7 Å². The number of fused-ring (bicyclic) bond motifs is 1. The van der Waals surface area contributed by atoms with Crippen molar-refractivity contribution < 1.29 is 14.3 Å². The maximum Gasteiger partial charge on any atom is 0.251 e. The Morgan fingerprint density at radius 3 is 2.50 bits per heavy atom. The van der Waals surface area contributed by atoms with E-state index in [-0.39, 0.29) is 11.8 Å². The standard InChI is InChI=1S/C35H34N6O3/c1-43-27-14-13-26(32(20-27)44-2)23-41-33(15-12-24-8-4-3-5-9-24)39-40-34(41)30(22-38-35(42)25-16-18-36-19-17-25)29-21-37-31-11-7-6-10-28(29)31/h3-11,13-14,16-21,30,37H,12,15,22-23H2,1-2H3,(H,38,42). The second kappa shape index (κ2) is 13.2. The number of hydrogen-bond acceptors (Lipinski definition) is 6. The van der Waals surface area contributed by atoms with E-state index in [0.717, 1.165) is 45.8 Å². The van der Waals surface area contributed by atoms with E-state index in [0.29, 0.717) is 30.8 Å². The Morgan fingerprint density at radius 2 is 1.70 bits per heavy atom. The third kappa shape index (κ3) is 6.17. The van der Waals surface area contributed by atoms with Crippen LogP contribution in [-0.4, -0.2) is 51.4 Å². The van der Waals surface area contributed by atoms with Gasteiger partial charge in [-0.25, -0.2) is 0 Å². The number of methoxy groups -OCH3 is 2. The van der Waals surface area contributed by atoms with Gasteiger partial charge in [-0.3, -0.25) is 9.78 Å². The minimum Gasteiger partial charge on any atom is -0.497 e. The number of amides is 1. The van der Waals surface area contributed by atoms with Crippen LogP contribution < -0.4 is 14.8 Å². The molecule has 0 aliphatic heterocycles. The number of pyridine rings is 1. The molecule has 222 valence electrons. The Kier molecular flexibility index (Phi) is 8.63. The van der Waals surface area contributed by atoms with Crippen molar-refractivity contribution in [3.63, 3.8) is 0 Å². The lowest BCUT2D eigenvalue weighted by Gasteiger charge is -2.20. The quantitative estimate of drug-likeness (QED) is 0.194. The summed E-state index contributed by atoms with van der Waals surface area (Å²) in [4.78, 5) is 20.6. The zero-order valence-electron chi connectivity index (χ0n) is 24.7. The van der Waals surface area contributed by atoms with Gasteiger partial charge in [-0.2, -0.15) is 0 Å². The summed E-state index contributed by atoms with van der Waals surface area (Å²) in [5.41, 5.74) is 4.78. The molecule has 0 spiro atoms. The highest BCUT2D eigenvalue weighted by atomic mass is 16.5. The molecular formula is C35H34N6O3. The van der Waals surface area contributed by atoms with E-state index in [2.05, 4.69) is 38.1 Å². The number of hydrogen-bond donors (Lipinski definition) is 2. The van der Waals surface area contributed by atoms with Gasteiger partial charge in [0.25, 0.3) is 5.91 Å². The van der Waals surface area contributed by atoms with E-state index in [1.807, 2.05) is 60.8 Å². The molecule has 9 nitrogen and oxygen atoms in total. The molecule has 1 atom stereocenters. The molecule has 9 heteroatoms. The predicted molar refractivity (Wildman–Crippen MR) is 169 cm³/mol. The van der Waals surface area contributed by atoms with Crippen LogP contribution in [-0.2, 0) is 19.4 Å². The van der Waals surface area contributed by atoms with E-state index in [4.69, 9.17) is 19.7 Å². The average molecular weight is 587 g/mol. The first-order chi connectivity index (χ1) is 21.6.